The molecular weight excluding hydrogens is 232 g/mol. The number of benzene rings is 1. The van der Waals surface area contributed by atoms with Crippen LogP contribution in [0.5, 0.6) is 5.75 Å². The van der Waals surface area contributed by atoms with Crippen LogP contribution in [-0.4, -0.2) is 22.8 Å². The van der Waals surface area contributed by atoms with Gasteiger partial charge in [-0.25, -0.2) is 4.79 Å². The minimum atomic E-state index is -0.425. The molecule has 1 aromatic heterocycles. The van der Waals surface area contributed by atoms with Crippen molar-refractivity contribution in [1.29, 1.82) is 0 Å². The molecule has 0 spiro atoms. The molecule has 0 aliphatic carbocycles. The lowest BCUT2D eigenvalue weighted by Gasteiger charge is -2.07. The van der Waals surface area contributed by atoms with Gasteiger partial charge in [-0.2, -0.15) is 0 Å². The van der Waals surface area contributed by atoms with E-state index in [2.05, 4.69) is 0 Å². The molecule has 0 amide bonds. The fraction of sp³-hybridized carbons (Fsp3) is 0.154. The molecule has 0 saturated heterocycles. The summed E-state index contributed by atoms with van der Waals surface area (Å²) in [6.07, 6.45) is 1.68. The summed E-state index contributed by atoms with van der Waals surface area (Å²) in [5.74, 6) is -0.218. The predicted octanol–water partition coefficient (Wildman–Crippen LogP) is 1.61. The average Bonchev–Trinajstić information content (AvgIpc) is 2.72. The number of nitrogen functional groups attached to an aromatic ring is 1. The second kappa shape index (κ2) is 4.83. The van der Waals surface area contributed by atoms with Crippen LogP contribution >= 0.6 is 0 Å². The monoisotopic (exact) mass is 246 g/mol. The van der Waals surface area contributed by atoms with Crippen molar-refractivity contribution in [3.8, 4) is 5.75 Å². The summed E-state index contributed by atoms with van der Waals surface area (Å²) in [5.41, 5.74) is 7.55. The third kappa shape index (κ3) is 2.45. The van der Waals surface area contributed by atoms with Crippen molar-refractivity contribution in [3.63, 3.8) is 0 Å². The van der Waals surface area contributed by atoms with Gasteiger partial charge in [-0.15, -0.1) is 0 Å². The Morgan fingerprint density at radius 3 is 2.67 bits per heavy atom. The first kappa shape index (κ1) is 12.0. The minimum Gasteiger partial charge on any atom is -0.508 e. The van der Waals surface area contributed by atoms with Gasteiger partial charge in [0.15, 0.2) is 0 Å². The highest BCUT2D eigenvalue weighted by Crippen LogP contribution is 2.16. The number of anilines is 1. The first-order valence-electron chi connectivity index (χ1n) is 5.42. The van der Waals surface area contributed by atoms with Crippen molar-refractivity contribution in [2.75, 3.05) is 12.8 Å². The van der Waals surface area contributed by atoms with Crippen LogP contribution in [0.15, 0.2) is 36.5 Å². The van der Waals surface area contributed by atoms with Crippen molar-refractivity contribution in [2.45, 2.75) is 6.54 Å². The quantitative estimate of drug-likeness (QED) is 0.806. The predicted molar refractivity (Wildman–Crippen MR) is 67.4 cm³/mol. The molecule has 0 atom stereocenters. The van der Waals surface area contributed by atoms with Gasteiger partial charge in [0.25, 0.3) is 0 Å². The second-order valence-corrected chi connectivity index (χ2v) is 3.94. The molecule has 1 heterocycles. The van der Waals surface area contributed by atoms with Crippen LogP contribution < -0.4 is 5.73 Å². The Morgan fingerprint density at radius 1 is 1.39 bits per heavy atom. The SMILES string of the molecule is COC(=O)c1cc(N)cn1Cc1ccc(O)cc1. The van der Waals surface area contributed by atoms with Crippen molar-refractivity contribution in [3.05, 3.63) is 47.8 Å². The van der Waals surface area contributed by atoms with E-state index in [9.17, 15) is 9.90 Å². The van der Waals surface area contributed by atoms with Crippen molar-refractivity contribution in [2.24, 2.45) is 0 Å². The van der Waals surface area contributed by atoms with Crippen molar-refractivity contribution in [1.82, 2.24) is 4.57 Å². The van der Waals surface area contributed by atoms with E-state index in [1.54, 1.807) is 41.1 Å². The lowest BCUT2D eigenvalue weighted by molar-refractivity contribution is 0.0589. The van der Waals surface area contributed by atoms with Crippen molar-refractivity contribution < 1.29 is 14.6 Å². The molecule has 2 aromatic rings. The van der Waals surface area contributed by atoms with Gasteiger partial charge in [-0.1, -0.05) is 12.1 Å². The van der Waals surface area contributed by atoms with Crippen LogP contribution in [-0.2, 0) is 11.3 Å². The molecule has 3 N–H and O–H groups in total. The maximum atomic E-state index is 11.6. The molecule has 0 unspecified atom stereocenters. The van der Waals surface area contributed by atoms with Gasteiger partial charge in [0.05, 0.1) is 12.8 Å². The number of hydrogen-bond donors (Lipinski definition) is 2. The number of rotatable bonds is 3. The Hall–Kier alpha value is -2.43. The Bertz CT molecular complexity index is 558. The van der Waals surface area contributed by atoms with Gasteiger partial charge < -0.3 is 20.1 Å². The van der Waals surface area contributed by atoms with Crippen LogP contribution in [0.1, 0.15) is 16.1 Å². The van der Waals surface area contributed by atoms with E-state index < -0.39 is 5.97 Å². The molecule has 0 saturated carbocycles. The molecule has 0 bridgehead atoms. The van der Waals surface area contributed by atoms with Crippen molar-refractivity contribution >= 4 is 11.7 Å². The van der Waals surface area contributed by atoms with Crippen LogP contribution in [0.3, 0.4) is 0 Å². The standard InChI is InChI=1S/C13H14N2O3/c1-18-13(17)12-6-10(14)8-15(12)7-9-2-4-11(16)5-3-9/h2-6,8,16H,7,14H2,1H3. The number of methoxy groups -OCH3 is 1. The summed E-state index contributed by atoms with van der Waals surface area (Å²) in [6.45, 7) is 0.488. The number of carbonyl (C=O) groups excluding carboxylic acids is 1. The average molecular weight is 246 g/mol. The van der Waals surface area contributed by atoms with Crippen LogP contribution in [0, 0.1) is 0 Å². The first-order chi connectivity index (χ1) is 8.60. The normalized spacial score (nSPS) is 10.3. The van der Waals surface area contributed by atoms with E-state index in [0.29, 0.717) is 17.9 Å². The number of phenolic OH excluding ortho intramolecular Hbond substituents is 1. The van der Waals surface area contributed by atoms with Gasteiger partial charge in [0.1, 0.15) is 11.4 Å². The molecule has 0 aliphatic rings. The number of ether oxygens (including phenoxy) is 1. The molecule has 2 rings (SSSR count). The minimum absolute atomic E-state index is 0.207. The van der Waals surface area contributed by atoms with E-state index in [1.807, 2.05) is 0 Å². The third-order valence-corrected chi connectivity index (χ3v) is 2.60. The molecular formula is C13H14N2O3. The third-order valence-electron chi connectivity index (χ3n) is 2.60. The smallest absolute Gasteiger partial charge is 0.354 e. The van der Waals surface area contributed by atoms with Gasteiger partial charge in [-0.05, 0) is 23.8 Å². The number of nitrogens with zero attached hydrogens (tertiary/aromatic N) is 1. The van der Waals surface area contributed by atoms with E-state index in [4.69, 9.17) is 10.5 Å². The molecule has 5 heteroatoms. The van der Waals surface area contributed by atoms with Crippen LogP contribution in [0.25, 0.3) is 0 Å². The van der Waals surface area contributed by atoms with E-state index >= 15 is 0 Å². The van der Waals surface area contributed by atoms with E-state index in [-0.39, 0.29) is 5.75 Å². The highest BCUT2D eigenvalue weighted by molar-refractivity contribution is 5.89. The fourth-order valence-electron chi connectivity index (χ4n) is 1.74. The van der Waals surface area contributed by atoms with Crippen LogP contribution in [0.2, 0.25) is 0 Å². The topological polar surface area (TPSA) is 77.5 Å². The number of nitrogens with two attached hydrogens (primary N) is 1. The molecule has 94 valence electrons. The fourth-order valence-corrected chi connectivity index (χ4v) is 1.74. The zero-order valence-electron chi connectivity index (χ0n) is 9.96. The number of phenols is 1. The number of carbonyl (C=O) groups is 1. The summed E-state index contributed by atoms with van der Waals surface area (Å²) < 4.78 is 6.41. The molecule has 1 aromatic carbocycles. The highest BCUT2D eigenvalue weighted by atomic mass is 16.5. The van der Waals surface area contributed by atoms with Gasteiger partial charge in [-0.3, -0.25) is 0 Å². The summed E-state index contributed by atoms with van der Waals surface area (Å²) in [4.78, 5) is 11.6. The Labute approximate surface area is 104 Å². The summed E-state index contributed by atoms with van der Waals surface area (Å²) >= 11 is 0. The van der Waals surface area contributed by atoms with Gasteiger partial charge in [0, 0.05) is 12.7 Å². The summed E-state index contributed by atoms with van der Waals surface area (Å²) in [5, 5.41) is 9.21. The van der Waals surface area contributed by atoms with Gasteiger partial charge >= 0.3 is 5.97 Å². The number of aromatic hydroxyl groups is 1. The lowest BCUT2D eigenvalue weighted by atomic mass is 10.2. The molecule has 5 nitrogen and oxygen atoms in total. The Kier molecular flexibility index (Phi) is 3.23. The van der Waals surface area contributed by atoms with E-state index in [1.165, 1.54) is 7.11 Å². The first-order valence-corrected chi connectivity index (χ1v) is 5.42. The highest BCUT2D eigenvalue weighted by Gasteiger charge is 2.13. The lowest BCUT2D eigenvalue weighted by Crippen LogP contribution is -2.10. The largest absolute Gasteiger partial charge is 0.508 e. The van der Waals surface area contributed by atoms with Gasteiger partial charge in [0.2, 0.25) is 0 Å². The van der Waals surface area contributed by atoms with E-state index in [0.717, 1.165) is 5.56 Å². The molecule has 18 heavy (non-hydrogen) atoms. The Morgan fingerprint density at radius 2 is 2.06 bits per heavy atom. The molecule has 0 aliphatic heterocycles. The zero-order valence-corrected chi connectivity index (χ0v) is 9.96. The number of hydrogen-bond acceptors (Lipinski definition) is 4. The maximum absolute atomic E-state index is 11.6. The summed E-state index contributed by atoms with van der Waals surface area (Å²) in [6, 6.07) is 8.34. The maximum Gasteiger partial charge on any atom is 0.354 e. The zero-order chi connectivity index (χ0) is 13.1. The Balaban J connectivity index is 2.28. The number of esters is 1. The summed E-state index contributed by atoms with van der Waals surface area (Å²) in [7, 11) is 1.33. The molecule has 0 radical (unpaired) electrons. The second-order valence-electron chi connectivity index (χ2n) is 3.94. The number of aromatic nitrogens is 1. The van der Waals surface area contributed by atoms with Crippen LogP contribution in [0.4, 0.5) is 5.69 Å². The molecule has 0 fully saturated rings.